The molecule has 0 aliphatic heterocycles. The molecule has 0 fully saturated rings. The highest BCUT2D eigenvalue weighted by molar-refractivity contribution is 6.33. The number of aryl methyl sites for hydroxylation is 1. The van der Waals surface area contributed by atoms with Gasteiger partial charge >= 0.3 is 0 Å². The van der Waals surface area contributed by atoms with E-state index in [9.17, 15) is 9.59 Å². The van der Waals surface area contributed by atoms with E-state index in [1.807, 2.05) is 77.9 Å². The number of rotatable bonds is 9. The van der Waals surface area contributed by atoms with Crippen LogP contribution in [-0.2, 0) is 17.8 Å². The highest BCUT2D eigenvalue weighted by Crippen LogP contribution is 2.21. The van der Waals surface area contributed by atoms with Crippen molar-refractivity contribution in [3.05, 3.63) is 95.3 Å². The van der Waals surface area contributed by atoms with E-state index in [2.05, 4.69) is 5.32 Å². The third-order valence-corrected chi connectivity index (χ3v) is 6.16. The molecule has 0 aliphatic carbocycles. The number of nitrogens with one attached hydrogen (secondary N) is 1. The maximum Gasteiger partial charge on any atom is 0.252 e. The van der Waals surface area contributed by atoms with Gasteiger partial charge in [0.2, 0.25) is 5.91 Å². The minimum absolute atomic E-state index is 0.00243. The molecule has 4 aromatic rings. The van der Waals surface area contributed by atoms with Crippen molar-refractivity contribution in [1.82, 2.24) is 14.9 Å². The molecule has 180 valence electrons. The first kappa shape index (κ1) is 24.5. The molecule has 35 heavy (non-hydrogen) atoms. The van der Waals surface area contributed by atoms with E-state index in [1.165, 1.54) is 0 Å². The lowest BCUT2D eigenvalue weighted by Crippen LogP contribution is -2.39. The summed E-state index contributed by atoms with van der Waals surface area (Å²) in [5, 5.41) is 3.35. The molecule has 2 amide bonds. The van der Waals surface area contributed by atoms with Gasteiger partial charge in [-0.3, -0.25) is 9.59 Å². The quantitative estimate of drug-likeness (QED) is 0.316. The van der Waals surface area contributed by atoms with Crippen LogP contribution in [0, 0.1) is 0 Å². The minimum Gasteiger partial charge on any atom is -0.352 e. The molecule has 7 heteroatoms. The van der Waals surface area contributed by atoms with Crippen LogP contribution in [-0.4, -0.2) is 34.0 Å². The summed E-state index contributed by atoms with van der Waals surface area (Å²) in [5.41, 5.74) is 3.11. The number of imidazole rings is 1. The molecule has 1 N–H and O–H groups in total. The molecule has 3 aromatic carbocycles. The largest absolute Gasteiger partial charge is 0.352 e. The fourth-order valence-corrected chi connectivity index (χ4v) is 4.43. The summed E-state index contributed by atoms with van der Waals surface area (Å²) >= 11 is 6.12. The maximum absolute atomic E-state index is 13.5. The van der Waals surface area contributed by atoms with Gasteiger partial charge in [-0.25, -0.2) is 4.98 Å². The van der Waals surface area contributed by atoms with Gasteiger partial charge in [0, 0.05) is 24.7 Å². The molecule has 0 atom stereocenters. The van der Waals surface area contributed by atoms with E-state index in [-0.39, 0.29) is 24.4 Å². The first-order valence-electron chi connectivity index (χ1n) is 11.8. The average Bonchev–Trinajstić information content (AvgIpc) is 3.19. The first-order valence-corrected chi connectivity index (χ1v) is 12.2. The summed E-state index contributed by atoms with van der Waals surface area (Å²) in [6.45, 7) is 4.69. The van der Waals surface area contributed by atoms with Gasteiger partial charge in [0.15, 0.2) is 0 Å². The molecular weight excluding hydrogens is 460 g/mol. The molecule has 0 saturated heterocycles. The van der Waals surface area contributed by atoms with E-state index in [4.69, 9.17) is 16.6 Å². The van der Waals surface area contributed by atoms with Gasteiger partial charge in [-0.2, -0.15) is 0 Å². The Kier molecular flexibility index (Phi) is 7.83. The Morgan fingerprint density at radius 2 is 1.66 bits per heavy atom. The Hall–Kier alpha value is -3.64. The van der Waals surface area contributed by atoms with E-state index >= 15 is 0 Å². The number of amides is 2. The van der Waals surface area contributed by atoms with Crippen LogP contribution in [0.5, 0.6) is 0 Å². The molecule has 0 spiro atoms. The fraction of sp³-hybridized carbons (Fsp3) is 0.250. The lowest BCUT2D eigenvalue weighted by molar-refractivity contribution is -0.119. The van der Waals surface area contributed by atoms with Crippen LogP contribution in [0.1, 0.15) is 36.5 Å². The lowest BCUT2D eigenvalue weighted by Gasteiger charge is -2.27. The van der Waals surface area contributed by atoms with Crippen molar-refractivity contribution in [3.8, 4) is 0 Å². The predicted molar refractivity (Wildman–Crippen MR) is 141 cm³/mol. The van der Waals surface area contributed by atoms with Gasteiger partial charge in [0.25, 0.3) is 5.91 Å². The number of fused-ring (bicyclic) bond motifs is 1. The number of aromatic nitrogens is 2. The van der Waals surface area contributed by atoms with Gasteiger partial charge in [-0.1, -0.05) is 54.1 Å². The zero-order valence-electron chi connectivity index (χ0n) is 19.9. The molecule has 0 bridgehead atoms. The number of hydrogen-bond acceptors (Lipinski definition) is 3. The molecule has 0 aliphatic rings. The van der Waals surface area contributed by atoms with Crippen LogP contribution in [0.4, 0.5) is 5.69 Å². The first-order chi connectivity index (χ1) is 17.0. The average molecular weight is 489 g/mol. The number of carbonyl (C=O) groups excluding carboxylic acids is 2. The van der Waals surface area contributed by atoms with Crippen molar-refractivity contribution in [1.29, 1.82) is 0 Å². The van der Waals surface area contributed by atoms with Crippen molar-refractivity contribution in [2.75, 3.05) is 11.4 Å². The molecule has 1 aromatic heterocycles. The smallest absolute Gasteiger partial charge is 0.252 e. The van der Waals surface area contributed by atoms with Crippen molar-refractivity contribution < 1.29 is 9.59 Å². The van der Waals surface area contributed by atoms with E-state index in [0.29, 0.717) is 30.0 Å². The molecule has 0 unspecified atom stereocenters. The Balaban J connectivity index is 1.48. The summed E-state index contributed by atoms with van der Waals surface area (Å²) in [5.74, 6) is 0.626. The van der Waals surface area contributed by atoms with Gasteiger partial charge in [0.05, 0.1) is 21.6 Å². The van der Waals surface area contributed by atoms with Crippen molar-refractivity contribution in [3.63, 3.8) is 0 Å². The third kappa shape index (κ3) is 5.72. The number of benzene rings is 3. The fourth-order valence-electron chi connectivity index (χ4n) is 4.21. The SMILES string of the molecule is CC(C)N(C(=O)Cn1c(CCCNC(=O)c2ccccc2Cl)nc2ccccc21)c1ccccc1. The van der Waals surface area contributed by atoms with E-state index in [1.54, 1.807) is 24.3 Å². The van der Waals surface area contributed by atoms with Gasteiger partial charge in [0.1, 0.15) is 12.4 Å². The molecule has 0 radical (unpaired) electrons. The van der Waals surface area contributed by atoms with Crippen LogP contribution in [0.25, 0.3) is 11.0 Å². The van der Waals surface area contributed by atoms with E-state index in [0.717, 1.165) is 22.5 Å². The molecule has 0 saturated carbocycles. The summed E-state index contributed by atoms with van der Waals surface area (Å²) in [7, 11) is 0. The summed E-state index contributed by atoms with van der Waals surface area (Å²) in [4.78, 5) is 32.5. The summed E-state index contributed by atoms with van der Waals surface area (Å²) in [6, 6.07) is 24.6. The Morgan fingerprint density at radius 1 is 0.971 bits per heavy atom. The Morgan fingerprint density at radius 3 is 2.40 bits per heavy atom. The van der Waals surface area contributed by atoms with Gasteiger partial charge in [-0.05, 0) is 56.7 Å². The number of halogens is 1. The molecular formula is C28H29ClN4O2. The number of nitrogens with zero attached hydrogens (tertiary/aromatic N) is 3. The molecule has 4 rings (SSSR count). The molecule has 1 heterocycles. The van der Waals surface area contributed by atoms with Crippen LogP contribution in [0.2, 0.25) is 5.02 Å². The minimum atomic E-state index is -0.199. The van der Waals surface area contributed by atoms with Crippen LogP contribution < -0.4 is 10.2 Å². The number of carbonyl (C=O) groups is 2. The normalized spacial score (nSPS) is 11.1. The van der Waals surface area contributed by atoms with Gasteiger partial charge in [-0.15, -0.1) is 0 Å². The maximum atomic E-state index is 13.5. The van der Waals surface area contributed by atoms with Crippen LogP contribution in [0.15, 0.2) is 78.9 Å². The van der Waals surface area contributed by atoms with Gasteiger partial charge < -0.3 is 14.8 Å². The summed E-state index contributed by atoms with van der Waals surface area (Å²) in [6.07, 6.45) is 1.30. The number of para-hydroxylation sites is 3. The van der Waals surface area contributed by atoms with Crippen LogP contribution in [0.3, 0.4) is 0 Å². The molecule has 6 nitrogen and oxygen atoms in total. The zero-order valence-corrected chi connectivity index (χ0v) is 20.7. The van der Waals surface area contributed by atoms with Crippen molar-refractivity contribution >= 4 is 40.1 Å². The lowest BCUT2D eigenvalue weighted by atomic mass is 10.2. The highest BCUT2D eigenvalue weighted by Gasteiger charge is 2.22. The zero-order chi connectivity index (χ0) is 24.8. The van der Waals surface area contributed by atoms with Crippen molar-refractivity contribution in [2.24, 2.45) is 0 Å². The summed E-state index contributed by atoms with van der Waals surface area (Å²) < 4.78 is 1.99. The van der Waals surface area contributed by atoms with Crippen LogP contribution >= 0.6 is 11.6 Å². The second-order valence-electron chi connectivity index (χ2n) is 8.64. The third-order valence-electron chi connectivity index (χ3n) is 5.83. The van der Waals surface area contributed by atoms with Crippen molar-refractivity contribution in [2.45, 2.75) is 39.3 Å². The monoisotopic (exact) mass is 488 g/mol. The predicted octanol–water partition coefficient (Wildman–Crippen LogP) is 5.49. The second kappa shape index (κ2) is 11.2. The highest BCUT2D eigenvalue weighted by atomic mass is 35.5. The second-order valence-corrected chi connectivity index (χ2v) is 9.04. The Labute approximate surface area is 210 Å². The van der Waals surface area contributed by atoms with E-state index < -0.39 is 0 Å². The number of anilines is 1. The Bertz CT molecular complexity index is 1320. The topological polar surface area (TPSA) is 67.2 Å². The standard InChI is InChI=1S/C28H29ClN4O2/c1-20(2)33(21-11-4-3-5-12-21)27(34)19-32-25-16-9-8-15-24(25)31-26(32)17-10-18-30-28(35)22-13-6-7-14-23(22)29/h3-9,11-16,20H,10,17-19H2,1-2H3,(H,30,35). The number of hydrogen-bond donors (Lipinski definition) is 1.